The lowest BCUT2D eigenvalue weighted by Gasteiger charge is -1.92. The van der Waals surface area contributed by atoms with Crippen molar-refractivity contribution in [2.45, 2.75) is 0 Å². The molecule has 0 bridgehead atoms. The van der Waals surface area contributed by atoms with Crippen LogP contribution in [0, 0.1) is 31.6 Å². The summed E-state index contributed by atoms with van der Waals surface area (Å²) in [7, 11) is 0. The standard InChI is InChI=1S/C8H7/c1-2-5-8-6-3-4-7-8/h3-7H,1H2. The summed E-state index contributed by atoms with van der Waals surface area (Å²) in [5, 5.41) is 0. The molecule has 1 rings (SSSR count). The number of allylic oxidation sites excluding steroid dienone is 1. The molecule has 0 N–H and O–H groups in total. The van der Waals surface area contributed by atoms with Crippen molar-refractivity contribution >= 4 is 0 Å². The molecule has 0 atom stereocenters. The highest BCUT2D eigenvalue weighted by Crippen LogP contribution is 2.23. The predicted octanol–water partition coefficient (Wildman–Crippen LogP) is 1.73. The van der Waals surface area contributed by atoms with Gasteiger partial charge in [-0.05, 0) is 31.8 Å². The Hall–Kier alpha value is -0.480. The molecule has 0 unspecified atom stereocenters. The van der Waals surface area contributed by atoms with Gasteiger partial charge in [0, 0.05) is 5.92 Å². The van der Waals surface area contributed by atoms with Crippen LogP contribution in [0.15, 0.2) is 18.4 Å². The van der Waals surface area contributed by atoms with Gasteiger partial charge in [0.2, 0.25) is 0 Å². The van der Waals surface area contributed by atoms with Crippen molar-refractivity contribution in [2.24, 2.45) is 0 Å². The third kappa shape index (κ3) is 1.24. The fourth-order valence-electron chi connectivity index (χ4n) is 0.603. The summed E-state index contributed by atoms with van der Waals surface area (Å²) < 4.78 is 0. The monoisotopic (exact) mass is 103 g/mol. The first-order valence-electron chi connectivity index (χ1n) is 2.51. The molecular weight excluding hydrogens is 96.1 g/mol. The SMILES string of the molecule is C=C=C[C]1[CH][CH][CH][CH]1. The summed E-state index contributed by atoms with van der Waals surface area (Å²) in [5.41, 5.74) is 2.70. The first-order valence-corrected chi connectivity index (χ1v) is 2.51. The van der Waals surface area contributed by atoms with Crippen LogP contribution < -0.4 is 0 Å². The van der Waals surface area contributed by atoms with Crippen LogP contribution in [0.1, 0.15) is 0 Å². The van der Waals surface area contributed by atoms with Crippen LogP contribution in [-0.4, -0.2) is 0 Å². The van der Waals surface area contributed by atoms with Gasteiger partial charge in [-0.2, -0.15) is 0 Å². The summed E-state index contributed by atoms with van der Waals surface area (Å²) in [4.78, 5) is 0. The minimum absolute atomic E-state index is 1.17. The Balaban J connectivity index is 2.35. The molecule has 5 radical (unpaired) electrons. The van der Waals surface area contributed by atoms with Gasteiger partial charge < -0.3 is 0 Å². The molecule has 0 aromatic heterocycles. The van der Waals surface area contributed by atoms with Crippen molar-refractivity contribution in [3.63, 3.8) is 0 Å². The Morgan fingerprint density at radius 1 is 1.38 bits per heavy atom. The second-order valence-electron chi connectivity index (χ2n) is 1.57. The van der Waals surface area contributed by atoms with Crippen molar-refractivity contribution in [2.75, 3.05) is 0 Å². The predicted molar refractivity (Wildman–Crippen MR) is 34.2 cm³/mol. The van der Waals surface area contributed by atoms with Crippen LogP contribution in [0.4, 0.5) is 0 Å². The van der Waals surface area contributed by atoms with Crippen LogP contribution in [-0.2, 0) is 0 Å². The van der Waals surface area contributed by atoms with Gasteiger partial charge in [-0.1, -0.05) is 6.58 Å². The number of rotatable bonds is 1. The molecule has 8 heavy (non-hydrogen) atoms. The smallest absolute Gasteiger partial charge is 0.0128 e. The minimum Gasteiger partial charge on any atom is -0.132 e. The van der Waals surface area contributed by atoms with E-state index in [1.165, 1.54) is 5.92 Å². The Morgan fingerprint density at radius 2 is 2.00 bits per heavy atom. The average Bonchev–Trinajstić information content (AvgIpc) is 2.19. The van der Waals surface area contributed by atoms with Crippen molar-refractivity contribution < 1.29 is 0 Å². The summed E-state index contributed by atoms with van der Waals surface area (Å²) in [5.74, 6) is 1.17. The highest BCUT2D eigenvalue weighted by atomic mass is 14.1. The average molecular weight is 103 g/mol. The van der Waals surface area contributed by atoms with E-state index in [4.69, 9.17) is 0 Å². The molecule has 0 saturated heterocycles. The summed E-state index contributed by atoms with van der Waals surface area (Å²) >= 11 is 0. The zero-order valence-electron chi connectivity index (χ0n) is 4.59. The molecule has 0 aromatic rings. The van der Waals surface area contributed by atoms with Crippen molar-refractivity contribution in [1.29, 1.82) is 0 Å². The van der Waals surface area contributed by atoms with Crippen molar-refractivity contribution in [1.82, 2.24) is 0 Å². The molecule has 0 amide bonds. The van der Waals surface area contributed by atoms with Gasteiger partial charge in [-0.25, -0.2) is 0 Å². The quantitative estimate of drug-likeness (QED) is 0.443. The van der Waals surface area contributed by atoms with E-state index in [9.17, 15) is 0 Å². The fraction of sp³-hybridized carbons (Fsp3) is 0. The van der Waals surface area contributed by atoms with Crippen molar-refractivity contribution in [3.8, 4) is 0 Å². The molecule has 1 saturated carbocycles. The molecule has 0 heteroatoms. The maximum atomic E-state index is 3.46. The lowest BCUT2D eigenvalue weighted by atomic mass is 10.1. The van der Waals surface area contributed by atoms with Crippen LogP contribution >= 0.6 is 0 Å². The van der Waals surface area contributed by atoms with Crippen LogP contribution in [0.25, 0.3) is 0 Å². The van der Waals surface area contributed by atoms with Gasteiger partial charge in [0.15, 0.2) is 0 Å². The van der Waals surface area contributed by atoms with Gasteiger partial charge in [0.25, 0.3) is 0 Å². The second kappa shape index (κ2) is 2.74. The van der Waals surface area contributed by atoms with E-state index in [0.717, 1.165) is 0 Å². The maximum absolute atomic E-state index is 3.46. The number of hydrogen-bond acceptors (Lipinski definition) is 0. The lowest BCUT2D eigenvalue weighted by molar-refractivity contribution is 1.38. The second-order valence-corrected chi connectivity index (χ2v) is 1.57. The first kappa shape index (κ1) is 5.65. The molecule has 39 valence electrons. The molecule has 0 spiro atoms. The topological polar surface area (TPSA) is 0 Å². The third-order valence-electron chi connectivity index (χ3n) is 0.957. The van der Waals surface area contributed by atoms with E-state index in [0.29, 0.717) is 0 Å². The van der Waals surface area contributed by atoms with Crippen molar-refractivity contribution in [3.05, 3.63) is 50.0 Å². The zero-order valence-corrected chi connectivity index (χ0v) is 4.59. The van der Waals surface area contributed by atoms with E-state index in [2.05, 4.69) is 12.3 Å². The molecule has 0 aromatic carbocycles. The highest BCUT2D eigenvalue weighted by molar-refractivity contribution is 5.41. The molecule has 1 aliphatic rings. The van der Waals surface area contributed by atoms with E-state index in [1.807, 2.05) is 31.8 Å². The van der Waals surface area contributed by atoms with Gasteiger partial charge in [-0.3, -0.25) is 0 Å². The fourth-order valence-corrected chi connectivity index (χ4v) is 0.603. The van der Waals surface area contributed by atoms with Gasteiger partial charge in [0.1, 0.15) is 0 Å². The summed E-state index contributed by atoms with van der Waals surface area (Å²) in [6, 6.07) is 0. The first-order chi connectivity index (χ1) is 3.93. The third-order valence-corrected chi connectivity index (χ3v) is 0.957. The minimum atomic E-state index is 1.17. The zero-order chi connectivity index (χ0) is 5.82. The van der Waals surface area contributed by atoms with Gasteiger partial charge in [-0.15, -0.1) is 5.73 Å². The molecule has 0 heterocycles. The lowest BCUT2D eigenvalue weighted by Crippen LogP contribution is -1.81. The molecule has 1 fully saturated rings. The molecule has 1 aliphatic carbocycles. The summed E-state index contributed by atoms with van der Waals surface area (Å²) in [6.45, 7) is 3.46. The Kier molecular flexibility index (Phi) is 1.93. The van der Waals surface area contributed by atoms with Crippen LogP contribution in [0.3, 0.4) is 0 Å². The number of hydrogen-bond donors (Lipinski definition) is 0. The molecule has 0 aliphatic heterocycles. The largest absolute Gasteiger partial charge is 0.132 e. The van der Waals surface area contributed by atoms with E-state index >= 15 is 0 Å². The molecule has 0 nitrogen and oxygen atoms in total. The maximum Gasteiger partial charge on any atom is 0.0128 e. The Morgan fingerprint density at radius 3 is 2.50 bits per heavy atom. The summed E-state index contributed by atoms with van der Waals surface area (Å²) in [6.07, 6.45) is 9.85. The Bertz CT molecular complexity index is 101. The highest BCUT2D eigenvalue weighted by Gasteiger charge is 2.12. The van der Waals surface area contributed by atoms with E-state index in [-0.39, 0.29) is 0 Å². The van der Waals surface area contributed by atoms with E-state index in [1.54, 1.807) is 0 Å². The van der Waals surface area contributed by atoms with Gasteiger partial charge >= 0.3 is 0 Å². The van der Waals surface area contributed by atoms with Crippen LogP contribution in [0.2, 0.25) is 0 Å². The Labute approximate surface area is 50.9 Å². The van der Waals surface area contributed by atoms with Gasteiger partial charge in [0.05, 0.1) is 0 Å². The van der Waals surface area contributed by atoms with Crippen LogP contribution in [0.5, 0.6) is 0 Å². The normalized spacial score (nSPS) is 20.5. The van der Waals surface area contributed by atoms with E-state index < -0.39 is 0 Å². The molecular formula is C8H7.